The summed E-state index contributed by atoms with van der Waals surface area (Å²) >= 11 is 0. The van der Waals surface area contributed by atoms with Gasteiger partial charge in [0.15, 0.2) is 12.6 Å². The Morgan fingerprint density at radius 3 is 1.73 bits per heavy atom. The lowest BCUT2D eigenvalue weighted by atomic mass is 9.50. The molecule has 4 aliphatic rings. The van der Waals surface area contributed by atoms with Gasteiger partial charge in [-0.1, -0.05) is 6.92 Å². The molecule has 4 atom stereocenters. The molecule has 4 rings (SSSR count). The highest BCUT2D eigenvalue weighted by Crippen LogP contribution is 2.63. The van der Waals surface area contributed by atoms with Gasteiger partial charge in [0.2, 0.25) is 0 Å². The lowest BCUT2D eigenvalue weighted by Crippen LogP contribution is -2.69. The second-order valence-electron chi connectivity index (χ2n) is 10.5. The first-order valence-corrected chi connectivity index (χ1v) is 11.8. The number of hydrogen-bond acceptors (Lipinski definition) is 6. The van der Waals surface area contributed by atoms with Crippen molar-refractivity contribution < 1.29 is 28.5 Å². The lowest BCUT2D eigenvalue weighted by Gasteiger charge is -2.65. The van der Waals surface area contributed by atoms with E-state index in [1.54, 1.807) is 0 Å². The molecule has 4 bridgehead atoms. The van der Waals surface area contributed by atoms with Gasteiger partial charge in [0.1, 0.15) is 5.60 Å². The quantitative estimate of drug-likeness (QED) is 0.343. The fourth-order valence-electron chi connectivity index (χ4n) is 6.27. The lowest BCUT2D eigenvalue weighted by molar-refractivity contribution is -0.334. The van der Waals surface area contributed by atoms with Crippen LogP contribution in [0.4, 0.5) is 0 Å². The van der Waals surface area contributed by atoms with Gasteiger partial charge in [0.05, 0.1) is 16.6 Å². The molecule has 30 heavy (non-hydrogen) atoms. The summed E-state index contributed by atoms with van der Waals surface area (Å²) in [6.07, 6.45) is 5.20. The van der Waals surface area contributed by atoms with Crippen molar-refractivity contribution in [2.75, 3.05) is 13.2 Å². The van der Waals surface area contributed by atoms with Gasteiger partial charge in [-0.05, 0) is 73.1 Å². The van der Waals surface area contributed by atoms with Gasteiger partial charge in [-0.25, -0.2) is 0 Å². The van der Waals surface area contributed by atoms with Crippen molar-refractivity contribution in [1.29, 1.82) is 0 Å². The van der Waals surface area contributed by atoms with Crippen molar-refractivity contribution in [1.82, 2.24) is 0 Å². The Morgan fingerprint density at radius 2 is 1.30 bits per heavy atom. The van der Waals surface area contributed by atoms with Crippen LogP contribution in [0.5, 0.6) is 0 Å². The number of hydrogen-bond donors (Lipinski definition) is 0. The Hall–Kier alpha value is -0.690. The number of carbonyl (C=O) groups excluding carboxylic acids is 1. The van der Waals surface area contributed by atoms with Crippen LogP contribution in [0.25, 0.3) is 0 Å². The van der Waals surface area contributed by atoms with Crippen molar-refractivity contribution in [3.63, 3.8) is 0 Å². The van der Waals surface area contributed by atoms with E-state index in [-0.39, 0.29) is 18.5 Å². The van der Waals surface area contributed by atoms with Crippen LogP contribution >= 0.6 is 0 Å². The fourth-order valence-corrected chi connectivity index (χ4v) is 6.27. The molecule has 0 aromatic carbocycles. The van der Waals surface area contributed by atoms with Crippen molar-refractivity contribution in [2.24, 2.45) is 11.3 Å². The maximum atomic E-state index is 13.1. The number of esters is 1. The van der Waals surface area contributed by atoms with E-state index in [1.807, 2.05) is 48.5 Å². The predicted molar refractivity (Wildman–Crippen MR) is 114 cm³/mol. The first-order valence-electron chi connectivity index (χ1n) is 11.8. The van der Waals surface area contributed by atoms with E-state index in [1.165, 1.54) is 0 Å². The molecule has 4 saturated carbocycles. The van der Waals surface area contributed by atoms with Gasteiger partial charge in [-0.2, -0.15) is 0 Å². The van der Waals surface area contributed by atoms with Gasteiger partial charge >= 0.3 is 5.97 Å². The smallest absolute Gasteiger partial charge is 0.312 e. The molecule has 0 heterocycles. The maximum Gasteiger partial charge on any atom is 0.312 e. The molecule has 4 fully saturated rings. The van der Waals surface area contributed by atoms with E-state index in [9.17, 15) is 4.79 Å². The normalized spacial score (nSPS) is 37.2. The van der Waals surface area contributed by atoms with E-state index < -0.39 is 22.2 Å². The Labute approximate surface area is 182 Å². The number of carbonyl (C=O) groups is 1. The standard InChI is InChI=1S/C24H42O6/c1-8-21(6,7)20(25)30-24-13-19-11-22(15-24,28-17(4)26-9-2)14-23(12-19,16-24)29-18(5)27-10-3/h17-19H,8-16H2,1-7H3. The first kappa shape index (κ1) is 24.0. The summed E-state index contributed by atoms with van der Waals surface area (Å²) in [6, 6.07) is 0. The van der Waals surface area contributed by atoms with Gasteiger partial charge in [-0.3, -0.25) is 4.79 Å². The van der Waals surface area contributed by atoms with Crippen LogP contribution in [0.1, 0.15) is 93.4 Å². The van der Waals surface area contributed by atoms with Gasteiger partial charge in [0.25, 0.3) is 0 Å². The molecule has 0 aromatic heterocycles. The van der Waals surface area contributed by atoms with Crippen LogP contribution in [-0.2, 0) is 28.5 Å². The monoisotopic (exact) mass is 426 g/mol. The minimum atomic E-state index is -0.541. The summed E-state index contributed by atoms with van der Waals surface area (Å²) in [4.78, 5) is 13.1. The third-order valence-electron chi connectivity index (χ3n) is 7.30. The van der Waals surface area contributed by atoms with Crippen LogP contribution in [0.15, 0.2) is 0 Å². The fraction of sp³-hybridized carbons (Fsp3) is 0.958. The molecular weight excluding hydrogens is 384 g/mol. The molecule has 0 aliphatic heterocycles. The van der Waals surface area contributed by atoms with Crippen molar-refractivity contribution in [2.45, 2.75) is 123 Å². The first-order chi connectivity index (χ1) is 14.0. The Balaban J connectivity index is 1.89. The van der Waals surface area contributed by atoms with Crippen molar-refractivity contribution >= 4 is 5.97 Å². The van der Waals surface area contributed by atoms with Crippen molar-refractivity contribution in [3.05, 3.63) is 0 Å². The van der Waals surface area contributed by atoms with Crippen LogP contribution in [0.2, 0.25) is 0 Å². The second kappa shape index (κ2) is 8.68. The zero-order valence-electron chi connectivity index (χ0n) is 20.0. The van der Waals surface area contributed by atoms with Gasteiger partial charge in [-0.15, -0.1) is 0 Å². The van der Waals surface area contributed by atoms with E-state index in [0.29, 0.717) is 32.0 Å². The van der Waals surface area contributed by atoms with Crippen LogP contribution in [0.3, 0.4) is 0 Å². The van der Waals surface area contributed by atoms with E-state index in [4.69, 9.17) is 23.7 Å². The second-order valence-corrected chi connectivity index (χ2v) is 10.5. The van der Waals surface area contributed by atoms with Crippen LogP contribution < -0.4 is 0 Å². The molecule has 0 N–H and O–H groups in total. The molecule has 0 amide bonds. The summed E-state index contributed by atoms with van der Waals surface area (Å²) in [6.45, 7) is 15.0. The molecular formula is C24H42O6. The highest BCUT2D eigenvalue weighted by atomic mass is 16.7. The van der Waals surface area contributed by atoms with Crippen molar-refractivity contribution in [3.8, 4) is 0 Å². The highest BCUT2D eigenvalue weighted by Gasteiger charge is 2.67. The Bertz CT molecular complexity index is 587. The molecule has 6 heteroatoms. The van der Waals surface area contributed by atoms with Gasteiger partial charge < -0.3 is 23.7 Å². The molecule has 6 nitrogen and oxygen atoms in total. The molecule has 4 unspecified atom stereocenters. The molecule has 174 valence electrons. The number of rotatable bonds is 11. The summed E-state index contributed by atoms with van der Waals surface area (Å²) in [7, 11) is 0. The molecule has 4 aliphatic carbocycles. The minimum Gasteiger partial charge on any atom is -0.458 e. The van der Waals surface area contributed by atoms with E-state index in [2.05, 4.69) is 0 Å². The summed E-state index contributed by atoms with van der Waals surface area (Å²) in [5, 5.41) is 0. The highest BCUT2D eigenvalue weighted by molar-refractivity contribution is 5.76. The predicted octanol–water partition coefficient (Wildman–Crippen LogP) is 4.98. The maximum absolute atomic E-state index is 13.1. The summed E-state index contributed by atoms with van der Waals surface area (Å²) < 4.78 is 30.9. The average Bonchev–Trinajstić information content (AvgIpc) is 2.59. The summed E-state index contributed by atoms with van der Waals surface area (Å²) in [5.74, 6) is 0.286. The zero-order chi connectivity index (χ0) is 22.2. The molecule has 0 saturated heterocycles. The number of ether oxygens (including phenoxy) is 5. The Kier molecular flexibility index (Phi) is 6.94. The average molecular weight is 427 g/mol. The van der Waals surface area contributed by atoms with Crippen LogP contribution in [-0.4, -0.2) is 48.6 Å². The third kappa shape index (κ3) is 4.87. The van der Waals surface area contributed by atoms with Crippen LogP contribution in [0, 0.1) is 11.3 Å². The molecule has 0 spiro atoms. The zero-order valence-corrected chi connectivity index (χ0v) is 20.0. The third-order valence-corrected chi connectivity index (χ3v) is 7.30. The topological polar surface area (TPSA) is 63.2 Å². The van der Waals surface area contributed by atoms with E-state index >= 15 is 0 Å². The van der Waals surface area contributed by atoms with Gasteiger partial charge in [0, 0.05) is 32.5 Å². The summed E-state index contributed by atoms with van der Waals surface area (Å²) in [5.41, 5.74) is -1.82. The SMILES string of the molecule is CCOC(C)OC12CC3CC(OC(=O)C(C)(C)CC)(C1)CC(OC(C)OCC)(C3)C2. The molecule has 0 radical (unpaired) electrons. The minimum absolute atomic E-state index is 0.118. The Morgan fingerprint density at radius 1 is 0.867 bits per heavy atom. The largest absolute Gasteiger partial charge is 0.458 e. The molecule has 0 aromatic rings. The van der Waals surface area contributed by atoms with E-state index in [0.717, 1.165) is 32.1 Å².